The van der Waals surface area contributed by atoms with E-state index < -0.39 is 6.10 Å². The van der Waals surface area contributed by atoms with Gasteiger partial charge >= 0.3 is 0 Å². The van der Waals surface area contributed by atoms with Crippen LogP contribution in [0.3, 0.4) is 0 Å². The summed E-state index contributed by atoms with van der Waals surface area (Å²) in [6.07, 6.45) is 4.26. The molecule has 0 radical (unpaired) electrons. The SMILES string of the molecule is CC(C)(CO)CO.CCCCC(O)CO.OCCCCO.OCCCO. The number of aliphatic hydroxyl groups is 8. The Morgan fingerprint density at radius 1 is 0.654 bits per heavy atom. The van der Waals surface area contributed by atoms with Gasteiger partial charge in [-0.3, -0.25) is 0 Å². The topological polar surface area (TPSA) is 162 Å². The molecule has 8 N–H and O–H groups in total. The van der Waals surface area contributed by atoms with Crippen LogP contribution in [0.1, 0.15) is 59.3 Å². The summed E-state index contributed by atoms with van der Waals surface area (Å²) in [7, 11) is 0. The van der Waals surface area contributed by atoms with E-state index in [-0.39, 0.29) is 51.7 Å². The van der Waals surface area contributed by atoms with Crippen LogP contribution in [0.2, 0.25) is 0 Å². The summed E-state index contributed by atoms with van der Waals surface area (Å²) in [4.78, 5) is 0. The number of unbranched alkanes of at least 4 members (excludes halogenated alkanes) is 2. The minimum absolute atomic E-state index is 0.0451. The predicted octanol–water partition coefficient (Wildman–Crippen LogP) is -0.361. The van der Waals surface area contributed by atoms with Gasteiger partial charge < -0.3 is 40.9 Å². The van der Waals surface area contributed by atoms with Gasteiger partial charge in [-0.1, -0.05) is 33.6 Å². The van der Waals surface area contributed by atoms with Gasteiger partial charge in [0.25, 0.3) is 0 Å². The van der Waals surface area contributed by atoms with Gasteiger partial charge in [-0.2, -0.15) is 0 Å². The number of hydrogen-bond donors (Lipinski definition) is 8. The van der Waals surface area contributed by atoms with Gasteiger partial charge in [-0.25, -0.2) is 0 Å². The fraction of sp³-hybridized carbons (Fsp3) is 1.00. The van der Waals surface area contributed by atoms with Gasteiger partial charge in [0.05, 0.1) is 25.9 Å². The first-order valence-corrected chi connectivity index (χ1v) is 9.20. The third kappa shape index (κ3) is 43.8. The van der Waals surface area contributed by atoms with Crippen LogP contribution in [-0.2, 0) is 0 Å². The van der Waals surface area contributed by atoms with Gasteiger partial charge in [0.2, 0.25) is 0 Å². The van der Waals surface area contributed by atoms with E-state index in [0.29, 0.717) is 6.42 Å². The molecule has 0 spiro atoms. The molecule has 8 heteroatoms. The summed E-state index contributed by atoms with van der Waals surface area (Å²) in [5.41, 5.74) is -0.306. The molecule has 0 aliphatic carbocycles. The van der Waals surface area contributed by atoms with E-state index in [4.69, 9.17) is 40.9 Å². The van der Waals surface area contributed by atoms with Crippen molar-refractivity contribution in [2.75, 3.05) is 46.2 Å². The minimum atomic E-state index is -0.491. The lowest BCUT2D eigenvalue weighted by Gasteiger charge is -2.16. The molecule has 0 amide bonds. The lowest BCUT2D eigenvalue weighted by atomic mass is 9.97. The van der Waals surface area contributed by atoms with Crippen LogP contribution in [0.25, 0.3) is 0 Å². The van der Waals surface area contributed by atoms with Crippen LogP contribution < -0.4 is 0 Å². The molecule has 0 bridgehead atoms. The summed E-state index contributed by atoms with van der Waals surface area (Å²) in [5.74, 6) is 0. The average molecular weight is 389 g/mol. The van der Waals surface area contributed by atoms with E-state index >= 15 is 0 Å². The molecule has 8 nitrogen and oxygen atoms in total. The molecule has 0 aliphatic rings. The number of hydrogen-bond acceptors (Lipinski definition) is 8. The Bertz CT molecular complexity index is 203. The summed E-state index contributed by atoms with van der Waals surface area (Å²) in [6, 6.07) is 0. The van der Waals surface area contributed by atoms with Gasteiger partial charge in [-0.15, -0.1) is 0 Å². The molecule has 0 aromatic heterocycles. The largest absolute Gasteiger partial charge is 0.396 e. The molecule has 1 unspecified atom stereocenters. The van der Waals surface area contributed by atoms with Gasteiger partial charge in [0, 0.05) is 31.8 Å². The first kappa shape index (κ1) is 33.3. The first-order valence-electron chi connectivity index (χ1n) is 9.20. The number of rotatable bonds is 11. The first-order chi connectivity index (χ1) is 12.3. The maximum Gasteiger partial charge on any atom is 0.0770 e. The Hall–Kier alpha value is -0.320. The summed E-state index contributed by atoms with van der Waals surface area (Å²) in [6.45, 7) is 6.23. The van der Waals surface area contributed by atoms with Gasteiger partial charge in [0.1, 0.15) is 0 Å². The molecule has 26 heavy (non-hydrogen) atoms. The van der Waals surface area contributed by atoms with Crippen molar-refractivity contribution in [1.82, 2.24) is 0 Å². The Morgan fingerprint density at radius 3 is 1.19 bits per heavy atom. The molecule has 0 fully saturated rings. The van der Waals surface area contributed by atoms with E-state index in [1.54, 1.807) is 13.8 Å². The van der Waals surface area contributed by atoms with Crippen molar-refractivity contribution in [2.24, 2.45) is 5.41 Å². The van der Waals surface area contributed by atoms with E-state index in [0.717, 1.165) is 32.1 Å². The Morgan fingerprint density at radius 2 is 1.04 bits per heavy atom. The highest BCUT2D eigenvalue weighted by Crippen LogP contribution is 2.10. The van der Waals surface area contributed by atoms with Crippen molar-refractivity contribution < 1.29 is 40.9 Å². The second-order valence-electron chi connectivity index (χ2n) is 6.41. The zero-order valence-corrected chi connectivity index (χ0v) is 16.8. The predicted molar refractivity (Wildman–Crippen MR) is 103 cm³/mol. The quantitative estimate of drug-likeness (QED) is 0.223. The monoisotopic (exact) mass is 388 g/mol. The van der Waals surface area contributed by atoms with Gasteiger partial charge in [-0.05, 0) is 25.7 Å². The van der Waals surface area contributed by atoms with Crippen molar-refractivity contribution in [1.29, 1.82) is 0 Å². The Labute approximate surface area is 158 Å². The molecule has 0 saturated carbocycles. The van der Waals surface area contributed by atoms with Crippen LogP contribution >= 0.6 is 0 Å². The summed E-state index contributed by atoms with van der Waals surface area (Å²) < 4.78 is 0. The molecule has 0 aliphatic heterocycles. The van der Waals surface area contributed by atoms with Crippen LogP contribution in [0, 0.1) is 5.41 Å². The van der Waals surface area contributed by atoms with Crippen LogP contribution in [0.5, 0.6) is 0 Å². The molecule has 0 aromatic rings. The van der Waals surface area contributed by atoms with Crippen molar-refractivity contribution in [3.8, 4) is 0 Å². The standard InChI is InChI=1S/C6H14O2.C5H12O2.C4H10O2.C3H8O2/c1-2-3-4-6(8)5-7;1-5(2,3-6)4-7;5-3-1-2-4-6;4-2-1-3-5/h6-8H,2-5H2,1H3;6-7H,3-4H2,1-2H3;5-6H,1-4H2;4-5H,1-3H2. The van der Waals surface area contributed by atoms with Crippen LogP contribution in [0.15, 0.2) is 0 Å². The van der Waals surface area contributed by atoms with E-state index in [9.17, 15) is 0 Å². The lowest BCUT2D eigenvalue weighted by molar-refractivity contribution is 0.0857. The van der Waals surface area contributed by atoms with Crippen LogP contribution in [-0.4, -0.2) is 93.2 Å². The molecule has 164 valence electrons. The maximum absolute atomic E-state index is 8.74. The summed E-state index contributed by atoms with van der Waals surface area (Å²) >= 11 is 0. The average Bonchev–Trinajstić information content (AvgIpc) is 2.66. The minimum Gasteiger partial charge on any atom is -0.396 e. The van der Waals surface area contributed by atoms with E-state index in [2.05, 4.69) is 6.92 Å². The molecule has 0 heterocycles. The molecular formula is C18H44O8. The highest BCUT2D eigenvalue weighted by atomic mass is 16.3. The fourth-order valence-corrected chi connectivity index (χ4v) is 0.875. The molecule has 1 atom stereocenters. The fourth-order valence-electron chi connectivity index (χ4n) is 0.875. The normalized spacial score (nSPS) is 11.2. The third-order valence-corrected chi connectivity index (χ3v) is 2.84. The van der Waals surface area contributed by atoms with E-state index in [1.165, 1.54) is 0 Å². The highest BCUT2D eigenvalue weighted by Gasteiger charge is 2.13. The molecule has 0 rings (SSSR count). The molecular weight excluding hydrogens is 344 g/mol. The zero-order chi connectivity index (χ0) is 21.3. The van der Waals surface area contributed by atoms with Crippen molar-refractivity contribution >= 4 is 0 Å². The van der Waals surface area contributed by atoms with Crippen molar-refractivity contribution in [2.45, 2.75) is 65.4 Å². The molecule has 0 aromatic carbocycles. The Balaban J connectivity index is -0.000000126. The highest BCUT2D eigenvalue weighted by molar-refractivity contribution is 4.62. The third-order valence-electron chi connectivity index (χ3n) is 2.84. The summed E-state index contributed by atoms with van der Waals surface area (Å²) in [5, 5.41) is 65.9. The van der Waals surface area contributed by atoms with E-state index in [1.807, 2.05) is 0 Å². The second kappa shape index (κ2) is 29.4. The van der Waals surface area contributed by atoms with Crippen LogP contribution in [0.4, 0.5) is 0 Å². The van der Waals surface area contributed by atoms with Crippen molar-refractivity contribution in [3.63, 3.8) is 0 Å². The second-order valence-corrected chi connectivity index (χ2v) is 6.41. The van der Waals surface area contributed by atoms with Crippen molar-refractivity contribution in [3.05, 3.63) is 0 Å². The number of aliphatic hydroxyl groups excluding tert-OH is 8. The van der Waals surface area contributed by atoms with Gasteiger partial charge in [0.15, 0.2) is 0 Å². The Kier molecular flexibility index (Phi) is 37.7. The zero-order valence-electron chi connectivity index (χ0n) is 16.8. The molecule has 0 saturated heterocycles. The maximum atomic E-state index is 8.74. The lowest BCUT2D eigenvalue weighted by Crippen LogP contribution is -2.20. The smallest absolute Gasteiger partial charge is 0.0770 e.